The summed E-state index contributed by atoms with van der Waals surface area (Å²) in [4.78, 5) is 18.2. The molecule has 1 heterocycles. The van der Waals surface area contributed by atoms with Crippen LogP contribution in [0.3, 0.4) is 0 Å². The molecule has 0 bridgehead atoms. The number of aromatic nitrogens is 1. The van der Waals surface area contributed by atoms with E-state index >= 15 is 0 Å². The second kappa shape index (κ2) is 5.32. The molecule has 0 aliphatic heterocycles. The van der Waals surface area contributed by atoms with E-state index in [0.29, 0.717) is 11.1 Å². The van der Waals surface area contributed by atoms with E-state index in [1.54, 1.807) is 24.1 Å². The Hall–Kier alpha value is -2.75. The maximum absolute atomic E-state index is 13.1. The van der Waals surface area contributed by atoms with Gasteiger partial charge in [0.25, 0.3) is 5.91 Å². The monoisotopic (exact) mass is 280 g/mol. The van der Waals surface area contributed by atoms with Gasteiger partial charge in [0.15, 0.2) is 0 Å². The summed E-state index contributed by atoms with van der Waals surface area (Å²) < 4.78 is 13.1. The number of hydrogen-bond acceptors (Lipinski definition) is 2. The van der Waals surface area contributed by atoms with Gasteiger partial charge in [0.2, 0.25) is 0 Å². The molecule has 1 aromatic heterocycles. The van der Waals surface area contributed by atoms with Crippen LogP contribution in [0, 0.1) is 5.82 Å². The zero-order chi connectivity index (χ0) is 14.8. The molecule has 2 aromatic carbocycles. The SMILES string of the molecule is CN(C(=O)c1cnc2cc(F)ccc2c1)c1ccccc1. The fourth-order valence-electron chi connectivity index (χ4n) is 2.17. The molecule has 0 saturated carbocycles. The highest BCUT2D eigenvalue weighted by atomic mass is 19.1. The Labute approximate surface area is 121 Å². The minimum absolute atomic E-state index is 0.153. The lowest BCUT2D eigenvalue weighted by molar-refractivity contribution is 0.0993. The van der Waals surface area contributed by atoms with E-state index in [9.17, 15) is 9.18 Å². The van der Waals surface area contributed by atoms with Crippen LogP contribution in [0.5, 0.6) is 0 Å². The number of carbonyl (C=O) groups is 1. The summed E-state index contributed by atoms with van der Waals surface area (Å²) in [6.07, 6.45) is 1.48. The molecule has 3 rings (SSSR count). The number of benzene rings is 2. The first-order valence-electron chi connectivity index (χ1n) is 6.53. The van der Waals surface area contributed by atoms with Crippen molar-refractivity contribution in [2.24, 2.45) is 0 Å². The third kappa shape index (κ3) is 2.60. The van der Waals surface area contributed by atoms with E-state index in [0.717, 1.165) is 11.1 Å². The summed E-state index contributed by atoms with van der Waals surface area (Å²) in [5.41, 5.74) is 1.82. The summed E-state index contributed by atoms with van der Waals surface area (Å²) in [5, 5.41) is 0.740. The van der Waals surface area contributed by atoms with Crippen LogP contribution in [0.4, 0.5) is 10.1 Å². The highest BCUT2D eigenvalue weighted by molar-refractivity contribution is 6.07. The third-order valence-electron chi connectivity index (χ3n) is 3.34. The summed E-state index contributed by atoms with van der Waals surface area (Å²) in [6.45, 7) is 0. The van der Waals surface area contributed by atoms with Crippen LogP contribution >= 0.6 is 0 Å². The molecule has 4 heteroatoms. The van der Waals surface area contributed by atoms with Gasteiger partial charge >= 0.3 is 0 Å². The average Bonchev–Trinajstić information content (AvgIpc) is 2.53. The molecule has 0 aliphatic rings. The van der Waals surface area contributed by atoms with Gasteiger partial charge in [0.05, 0.1) is 11.1 Å². The van der Waals surface area contributed by atoms with Crippen molar-refractivity contribution in [3.63, 3.8) is 0 Å². The quantitative estimate of drug-likeness (QED) is 0.718. The first-order chi connectivity index (χ1) is 10.1. The molecule has 0 atom stereocenters. The van der Waals surface area contributed by atoms with Crippen molar-refractivity contribution < 1.29 is 9.18 Å². The number of hydrogen-bond donors (Lipinski definition) is 0. The highest BCUT2D eigenvalue weighted by Gasteiger charge is 2.14. The molecule has 0 fully saturated rings. The smallest absolute Gasteiger partial charge is 0.259 e. The second-order valence-electron chi connectivity index (χ2n) is 4.76. The van der Waals surface area contributed by atoms with E-state index in [4.69, 9.17) is 0 Å². The van der Waals surface area contributed by atoms with E-state index in [1.807, 2.05) is 30.3 Å². The molecule has 0 saturated heterocycles. The van der Waals surface area contributed by atoms with Crippen molar-refractivity contribution in [2.75, 3.05) is 11.9 Å². The highest BCUT2D eigenvalue weighted by Crippen LogP contribution is 2.18. The molecular formula is C17H13FN2O. The fraction of sp³-hybridized carbons (Fsp3) is 0.0588. The van der Waals surface area contributed by atoms with Crippen molar-refractivity contribution in [1.82, 2.24) is 4.98 Å². The van der Waals surface area contributed by atoms with Gasteiger partial charge in [-0.1, -0.05) is 18.2 Å². The molecule has 104 valence electrons. The lowest BCUT2D eigenvalue weighted by Gasteiger charge is -2.17. The number of pyridine rings is 1. The zero-order valence-electron chi connectivity index (χ0n) is 11.5. The lowest BCUT2D eigenvalue weighted by Crippen LogP contribution is -2.26. The number of carbonyl (C=O) groups excluding carboxylic acids is 1. The Kier molecular flexibility index (Phi) is 3.36. The van der Waals surface area contributed by atoms with E-state index in [1.165, 1.54) is 18.3 Å². The van der Waals surface area contributed by atoms with Gasteiger partial charge in [-0.3, -0.25) is 9.78 Å². The number of para-hydroxylation sites is 1. The van der Waals surface area contributed by atoms with Crippen LogP contribution in [0.1, 0.15) is 10.4 Å². The average molecular weight is 280 g/mol. The van der Waals surface area contributed by atoms with Crippen molar-refractivity contribution in [1.29, 1.82) is 0 Å². The number of fused-ring (bicyclic) bond motifs is 1. The first-order valence-corrected chi connectivity index (χ1v) is 6.53. The topological polar surface area (TPSA) is 33.2 Å². The molecule has 0 aliphatic carbocycles. The Bertz CT molecular complexity index is 802. The number of anilines is 1. The molecule has 3 aromatic rings. The summed E-state index contributed by atoms with van der Waals surface area (Å²) >= 11 is 0. The number of rotatable bonds is 2. The molecule has 0 N–H and O–H groups in total. The first kappa shape index (κ1) is 13.2. The predicted molar refractivity (Wildman–Crippen MR) is 80.9 cm³/mol. The standard InChI is InChI=1S/C17H13FN2O/c1-20(15-5-3-2-4-6-15)17(21)13-9-12-7-8-14(18)10-16(12)19-11-13/h2-11H,1H3. The minimum atomic E-state index is -0.338. The van der Waals surface area contributed by atoms with Gasteiger partial charge in [-0.25, -0.2) is 4.39 Å². The van der Waals surface area contributed by atoms with Gasteiger partial charge in [-0.05, 0) is 30.3 Å². The zero-order valence-corrected chi connectivity index (χ0v) is 11.5. The third-order valence-corrected chi connectivity index (χ3v) is 3.34. The Morgan fingerprint density at radius 1 is 1.10 bits per heavy atom. The molecule has 21 heavy (non-hydrogen) atoms. The molecular weight excluding hydrogens is 267 g/mol. The van der Waals surface area contributed by atoms with E-state index in [-0.39, 0.29) is 11.7 Å². The van der Waals surface area contributed by atoms with Gasteiger partial charge in [0, 0.05) is 30.4 Å². The summed E-state index contributed by atoms with van der Waals surface area (Å²) in [7, 11) is 1.71. The van der Waals surface area contributed by atoms with Gasteiger partial charge in [0.1, 0.15) is 5.82 Å². The molecule has 3 nitrogen and oxygen atoms in total. The van der Waals surface area contributed by atoms with Crippen LogP contribution in [-0.2, 0) is 0 Å². The van der Waals surface area contributed by atoms with Crippen molar-refractivity contribution in [3.8, 4) is 0 Å². The maximum atomic E-state index is 13.1. The van der Waals surface area contributed by atoms with Gasteiger partial charge < -0.3 is 4.90 Å². The Morgan fingerprint density at radius 2 is 1.86 bits per heavy atom. The largest absolute Gasteiger partial charge is 0.311 e. The second-order valence-corrected chi connectivity index (χ2v) is 4.76. The van der Waals surface area contributed by atoms with Crippen LogP contribution < -0.4 is 4.90 Å². The number of nitrogens with zero attached hydrogens (tertiary/aromatic N) is 2. The summed E-state index contributed by atoms with van der Waals surface area (Å²) in [5.74, 6) is -0.490. The van der Waals surface area contributed by atoms with E-state index in [2.05, 4.69) is 4.98 Å². The van der Waals surface area contributed by atoms with Crippen LogP contribution in [0.2, 0.25) is 0 Å². The van der Waals surface area contributed by atoms with Gasteiger partial charge in [-0.2, -0.15) is 0 Å². The molecule has 1 amide bonds. The van der Waals surface area contributed by atoms with Crippen molar-refractivity contribution >= 4 is 22.5 Å². The van der Waals surface area contributed by atoms with E-state index < -0.39 is 0 Å². The normalized spacial score (nSPS) is 10.6. The van der Waals surface area contributed by atoms with Crippen molar-refractivity contribution in [2.45, 2.75) is 0 Å². The summed E-state index contributed by atoms with van der Waals surface area (Å²) in [6, 6.07) is 15.4. The lowest BCUT2D eigenvalue weighted by atomic mass is 10.1. The van der Waals surface area contributed by atoms with Crippen LogP contribution in [0.25, 0.3) is 10.9 Å². The van der Waals surface area contributed by atoms with Crippen molar-refractivity contribution in [3.05, 3.63) is 72.2 Å². The van der Waals surface area contributed by atoms with Crippen LogP contribution in [0.15, 0.2) is 60.8 Å². The molecule has 0 unspecified atom stereocenters. The van der Waals surface area contributed by atoms with Crippen LogP contribution in [-0.4, -0.2) is 17.9 Å². The fourth-order valence-corrected chi connectivity index (χ4v) is 2.17. The molecule has 0 radical (unpaired) electrons. The maximum Gasteiger partial charge on any atom is 0.259 e. The number of amides is 1. The Morgan fingerprint density at radius 3 is 2.62 bits per heavy atom. The predicted octanol–water partition coefficient (Wildman–Crippen LogP) is 3.65. The van der Waals surface area contributed by atoms with Gasteiger partial charge in [-0.15, -0.1) is 0 Å². The molecule has 0 spiro atoms. The Balaban J connectivity index is 1.96. The number of halogens is 1. The minimum Gasteiger partial charge on any atom is -0.311 e.